The number of hydrogen-bond acceptors (Lipinski definition) is 3. The molecule has 3 nitrogen and oxygen atoms in total. The Balaban J connectivity index is 0.00000144. The summed E-state index contributed by atoms with van der Waals surface area (Å²) in [6.45, 7) is 1.80. The molecule has 0 N–H and O–H groups in total. The van der Waals surface area contributed by atoms with Crippen LogP contribution in [0.5, 0.6) is 0 Å². The summed E-state index contributed by atoms with van der Waals surface area (Å²) in [5, 5.41) is 0. The van der Waals surface area contributed by atoms with Crippen LogP contribution in [0, 0.1) is 0 Å². The van der Waals surface area contributed by atoms with Crippen LogP contribution in [-0.2, 0) is 31.4 Å². The molecule has 0 heterocycles. The van der Waals surface area contributed by atoms with Gasteiger partial charge in [0.05, 0.1) is 11.5 Å². The van der Waals surface area contributed by atoms with E-state index in [1.54, 1.807) is 25.1 Å². The van der Waals surface area contributed by atoms with Gasteiger partial charge >= 0.3 is 17.1 Å². The fourth-order valence-electron chi connectivity index (χ4n) is 0.810. The summed E-state index contributed by atoms with van der Waals surface area (Å²) in [6, 6.07) is 8.08. The van der Waals surface area contributed by atoms with Gasteiger partial charge < -0.3 is 0 Å². The van der Waals surface area contributed by atoms with E-state index in [-0.39, 0.29) is 28.6 Å². The molecule has 0 spiro atoms. The Morgan fingerprint density at radius 3 is 2.23 bits per heavy atom. The minimum Gasteiger partial charge on any atom is -0.267 e. The van der Waals surface area contributed by atoms with Crippen LogP contribution in [0.15, 0.2) is 35.2 Å². The Labute approximate surface area is 88.7 Å². The molecule has 0 aliphatic carbocycles. The van der Waals surface area contributed by atoms with E-state index in [4.69, 9.17) is 0 Å². The Hall–Kier alpha value is -0.351. The first kappa shape index (κ1) is 12.6. The van der Waals surface area contributed by atoms with E-state index in [0.29, 0.717) is 0 Å². The van der Waals surface area contributed by atoms with Crippen LogP contribution < -0.4 is 0 Å². The summed E-state index contributed by atoms with van der Waals surface area (Å²) in [7, 11) is -3.51. The van der Waals surface area contributed by atoms with Crippen molar-refractivity contribution >= 4 is 10.1 Å². The van der Waals surface area contributed by atoms with E-state index in [0.717, 1.165) is 0 Å². The van der Waals surface area contributed by atoms with E-state index in [1.807, 2.05) is 0 Å². The van der Waals surface area contributed by atoms with E-state index in [9.17, 15) is 8.42 Å². The standard InChI is InChI=1S/C8H10O3S.Fe/c1-2-11-12(9,10)8-6-4-3-5-7-8;/h3-7H,2H2,1H3;/q;+3. The van der Waals surface area contributed by atoms with Crippen LogP contribution in [0.25, 0.3) is 0 Å². The second kappa shape index (κ2) is 5.39. The van der Waals surface area contributed by atoms with Crippen LogP contribution in [0.4, 0.5) is 0 Å². The molecule has 0 aliphatic rings. The Bertz CT molecular complexity index is 334. The van der Waals surface area contributed by atoms with Gasteiger partial charge in [0.1, 0.15) is 0 Å². The van der Waals surface area contributed by atoms with E-state index >= 15 is 0 Å². The van der Waals surface area contributed by atoms with Crippen molar-refractivity contribution in [1.82, 2.24) is 0 Å². The maximum atomic E-state index is 11.2. The van der Waals surface area contributed by atoms with Crippen molar-refractivity contribution in [3.8, 4) is 0 Å². The van der Waals surface area contributed by atoms with Crippen LogP contribution in [-0.4, -0.2) is 15.0 Å². The minimum atomic E-state index is -3.51. The molecule has 0 aliphatic heterocycles. The Morgan fingerprint density at radius 1 is 1.23 bits per heavy atom. The largest absolute Gasteiger partial charge is 3.00 e. The van der Waals surface area contributed by atoms with Crippen LogP contribution in [0.2, 0.25) is 0 Å². The third-order valence-electron chi connectivity index (χ3n) is 1.30. The number of benzene rings is 1. The van der Waals surface area contributed by atoms with Gasteiger partial charge in [-0.1, -0.05) is 18.2 Å². The molecule has 1 aromatic carbocycles. The van der Waals surface area contributed by atoms with Gasteiger partial charge in [-0.25, -0.2) is 0 Å². The summed E-state index contributed by atoms with van der Waals surface area (Å²) >= 11 is 0. The molecular formula is C8H10FeO3S+3. The van der Waals surface area contributed by atoms with Gasteiger partial charge in [-0.2, -0.15) is 8.42 Å². The molecular weight excluding hydrogens is 232 g/mol. The Kier molecular flexibility index (Phi) is 5.25. The molecule has 5 heteroatoms. The van der Waals surface area contributed by atoms with Crippen molar-refractivity contribution in [2.75, 3.05) is 6.61 Å². The second-order valence-corrected chi connectivity index (χ2v) is 3.79. The molecule has 71 valence electrons. The van der Waals surface area contributed by atoms with Crippen LogP contribution in [0.1, 0.15) is 6.92 Å². The quantitative estimate of drug-likeness (QED) is 0.594. The molecule has 0 saturated heterocycles. The van der Waals surface area contributed by atoms with Crippen LogP contribution >= 0.6 is 0 Å². The van der Waals surface area contributed by atoms with E-state index in [1.165, 1.54) is 12.1 Å². The fourth-order valence-corrected chi connectivity index (χ4v) is 1.75. The average molecular weight is 242 g/mol. The third kappa shape index (κ3) is 3.48. The molecule has 0 unspecified atom stereocenters. The van der Waals surface area contributed by atoms with Crippen molar-refractivity contribution in [1.29, 1.82) is 0 Å². The van der Waals surface area contributed by atoms with Gasteiger partial charge in [0.2, 0.25) is 0 Å². The van der Waals surface area contributed by atoms with E-state index in [2.05, 4.69) is 4.18 Å². The minimum absolute atomic E-state index is 0. The summed E-state index contributed by atoms with van der Waals surface area (Å²) in [5.74, 6) is 0. The molecule has 0 fully saturated rings. The van der Waals surface area contributed by atoms with Crippen molar-refractivity contribution in [2.24, 2.45) is 0 Å². The van der Waals surface area contributed by atoms with E-state index < -0.39 is 10.1 Å². The molecule has 0 saturated carbocycles. The maximum absolute atomic E-state index is 11.2. The van der Waals surface area contributed by atoms with Crippen molar-refractivity contribution < 1.29 is 29.7 Å². The average Bonchev–Trinajstić information content (AvgIpc) is 2.06. The summed E-state index contributed by atoms with van der Waals surface area (Å²) in [5.41, 5.74) is 0. The monoisotopic (exact) mass is 242 g/mol. The fraction of sp³-hybridized carbons (Fsp3) is 0.250. The van der Waals surface area contributed by atoms with Gasteiger partial charge in [-0.3, -0.25) is 4.18 Å². The first-order chi connectivity index (χ1) is 5.67. The Morgan fingerprint density at radius 2 is 1.77 bits per heavy atom. The predicted molar refractivity (Wildman–Crippen MR) is 45.3 cm³/mol. The zero-order valence-electron chi connectivity index (χ0n) is 7.08. The van der Waals surface area contributed by atoms with Crippen molar-refractivity contribution in [2.45, 2.75) is 11.8 Å². The molecule has 1 radical (unpaired) electrons. The van der Waals surface area contributed by atoms with Gasteiger partial charge in [0, 0.05) is 0 Å². The topological polar surface area (TPSA) is 43.4 Å². The maximum Gasteiger partial charge on any atom is 3.00 e. The number of rotatable bonds is 3. The smallest absolute Gasteiger partial charge is 0.267 e. The van der Waals surface area contributed by atoms with Gasteiger partial charge in [0.25, 0.3) is 10.1 Å². The molecule has 13 heavy (non-hydrogen) atoms. The van der Waals surface area contributed by atoms with Gasteiger partial charge in [-0.15, -0.1) is 0 Å². The molecule has 0 aromatic heterocycles. The van der Waals surface area contributed by atoms with Gasteiger partial charge in [-0.05, 0) is 19.1 Å². The number of hydrogen-bond donors (Lipinski definition) is 0. The molecule has 0 bridgehead atoms. The van der Waals surface area contributed by atoms with Crippen LogP contribution in [0.3, 0.4) is 0 Å². The zero-order valence-corrected chi connectivity index (χ0v) is 9.00. The van der Waals surface area contributed by atoms with Crippen molar-refractivity contribution in [3.05, 3.63) is 30.3 Å². The zero-order chi connectivity index (χ0) is 9.03. The summed E-state index contributed by atoms with van der Waals surface area (Å²) in [4.78, 5) is 0.201. The molecule has 1 aromatic rings. The molecule has 1 rings (SSSR count). The first-order valence-corrected chi connectivity index (χ1v) is 5.02. The molecule has 0 amide bonds. The third-order valence-corrected chi connectivity index (χ3v) is 2.70. The first-order valence-electron chi connectivity index (χ1n) is 3.61. The van der Waals surface area contributed by atoms with Crippen molar-refractivity contribution in [3.63, 3.8) is 0 Å². The van der Waals surface area contributed by atoms with Gasteiger partial charge in [0.15, 0.2) is 0 Å². The SMILES string of the molecule is CCOS(=O)(=O)c1ccccc1.[Fe+3]. The normalized spacial score (nSPS) is 10.5. The summed E-state index contributed by atoms with van der Waals surface area (Å²) < 4.78 is 27.0. The summed E-state index contributed by atoms with van der Waals surface area (Å²) in [6.07, 6.45) is 0. The second-order valence-electron chi connectivity index (χ2n) is 2.17. The molecule has 0 atom stereocenters. The predicted octanol–water partition coefficient (Wildman–Crippen LogP) is 1.41.